The molecule has 0 heterocycles. The third kappa shape index (κ3) is 5.97. The predicted octanol–water partition coefficient (Wildman–Crippen LogP) is 4.73. The molecule has 108 valence electrons. The molecule has 0 amide bonds. The summed E-state index contributed by atoms with van der Waals surface area (Å²) in [5, 5.41) is 3.54. The molecule has 0 saturated heterocycles. The highest BCUT2D eigenvalue weighted by Gasteiger charge is 2.12. The highest BCUT2D eigenvalue weighted by Crippen LogP contribution is 2.22. The van der Waals surface area contributed by atoms with Crippen LogP contribution < -0.4 is 5.32 Å². The Balaban J connectivity index is 2.42. The van der Waals surface area contributed by atoms with Gasteiger partial charge in [-0.15, -0.1) is 11.6 Å². The molecule has 0 bridgehead atoms. The fourth-order valence-corrected chi connectivity index (χ4v) is 2.46. The molecule has 2 heteroatoms. The average molecular weight is 282 g/mol. The van der Waals surface area contributed by atoms with E-state index in [2.05, 4.69) is 57.3 Å². The second-order valence-electron chi connectivity index (χ2n) is 6.33. The minimum absolute atomic E-state index is 0.236. The fraction of sp³-hybridized carbons (Fsp3) is 0.647. The summed E-state index contributed by atoms with van der Waals surface area (Å²) in [6.45, 7) is 11.0. The Kier molecular flexibility index (Phi) is 6.88. The molecule has 1 aromatic carbocycles. The molecule has 1 unspecified atom stereocenters. The Hall–Kier alpha value is -0.530. The molecule has 0 aromatic heterocycles. The van der Waals surface area contributed by atoms with Crippen LogP contribution in [-0.4, -0.2) is 12.4 Å². The lowest BCUT2D eigenvalue weighted by Gasteiger charge is -2.19. The second-order valence-corrected chi connectivity index (χ2v) is 6.71. The van der Waals surface area contributed by atoms with Crippen LogP contribution in [0.3, 0.4) is 0 Å². The first kappa shape index (κ1) is 16.5. The van der Waals surface area contributed by atoms with Gasteiger partial charge in [-0.1, -0.05) is 58.4 Å². The second kappa shape index (κ2) is 7.91. The van der Waals surface area contributed by atoms with Crippen molar-refractivity contribution in [3.05, 3.63) is 35.4 Å². The van der Waals surface area contributed by atoms with Crippen LogP contribution in [0.4, 0.5) is 0 Å². The minimum atomic E-state index is 0.236. The van der Waals surface area contributed by atoms with Crippen molar-refractivity contribution in [3.63, 3.8) is 0 Å². The van der Waals surface area contributed by atoms with Gasteiger partial charge in [-0.3, -0.25) is 0 Å². The molecule has 0 radical (unpaired) electrons. The Morgan fingerprint density at radius 3 is 2.26 bits per heavy atom. The van der Waals surface area contributed by atoms with Gasteiger partial charge in [-0.05, 0) is 35.4 Å². The van der Waals surface area contributed by atoms with Gasteiger partial charge < -0.3 is 5.32 Å². The van der Waals surface area contributed by atoms with Gasteiger partial charge in [0.15, 0.2) is 0 Å². The van der Waals surface area contributed by atoms with Crippen molar-refractivity contribution in [2.45, 2.75) is 52.5 Å². The van der Waals surface area contributed by atoms with Crippen molar-refractivity contribution in [2.75, 3.05) is 12.4 Å². The first-order chi connectivity index (χ1) is 8.97. The zero-order chi connectivity index (χ0) is 14.3. The van der Waals surface area contributed by atoms with E-state index in [9.17, 15) is 0 Å². The lowest BCUT2D eigenvalue weighted by atomic mass is 9.87. The largest absolute Gasteiger partial charge is 0.312 e. The fourth-order valence-electron chi connectivity index (χ4n) is 2.15. The van der Waals surface area contributed by atoms with Crippen LogP contribution in [0.2, 0.25) is 0 Å². The van der Waals surface area contributed by atoms with Gasteiger partial charge in [0, 0.05) is 12.4 Å². The maximum atomic E-state index is 5.80. The van der Waals surface area contributed by atoms with Crippen LogP contribution in [0.5, 0.6) is 0 Å². The number of hydrogen-bond donors (Lipinski definition) is 1. The van der Waals surface area contributed by atoms with Crippen LogP contribution in [-0.2, 0) is 12.0 Å². The van der Waals surface area contributed by atoms with Crippen molar-refractivity contribution in [2.24, 2.45) is 5.92 Å². The van der Waals surface area contributed by atoms with Gasteiger partial charge in [-0.25, -0.2) is 0 Å². The van der Waals surface area contributed by atoms with Gasteiger partial charge in [0.2, 0.25) is 0 Å². The normalized spacial score (nSPS) is 13.5. The summed E-state index contributed by atoms with van der Waals surface area (Å²) < 4.78 is 0. The molecule has 0 aliphatic carbocycles. The lowest BCUT2D eigenvalue weighted by Crippen LogP contribution is -2.22. The van der Waals surface area contributed by atoms with Crippen molar-refractivity contribution >= 4 is 11.6 Å². The van der Waals surface area contributed by atoms with Crippen molar-refractivity contribution in [1.82, 2.24) is 5.32 Å². The van der Waals surface area contributed by atoms with Gasteiger partial charge in [0.1, 0.15) is 0 Å². The van der Waals surface area contributed by atoms with Crippen LogP contribution >= 0.6 is 11.6 Å². The van der Waals surface area contributed by atoms with E-state index in [-0.39, 0.29) is 5.41 Å². The number of hydrogen-bond acceptors (Lipinski definition) is 1. The van der Waals surface area contributed by atoms with Crippen LogP contribution in [0.25, 0.3) is 0 Å². The Morgan fingerprint density at radius 2 is 1.79 bits per heavy atom. The Bertz CT molecular complexity index is 351. The SMILES string of the molecule is CCC(CCCl)CNCc1ccc(C(C)(C)C)cc1. The number of rotatable bonds is 7. The summed E-state index contributed by atoms with van der Waals surface area (Å²) in [5.41, 5.74) is 2.98. The quantitative estimate of drug-likeness (QED) is 0.713. The van der Waals surface area contributed by atoms with Gasteiger partial charge in [0.25, 0.3) is 0 Å². The summed E-state index contributed by atoms with van der Waals surface area (Å²) in [6.07, 6.45) is 2.30. The molecule has 0 aliphatic heterocycles. The Morgan fingerprint density at radius 1 is 1.16 bits per heavy atom. The third-order valence-corrected chi connectivity index (χ3v) is 3.90. The molecule has 0 spiro atoms. The number of halogens is 1. The summed E-state index contributed by atoms with van der Waals surface area (Å²) >= 11 is 5.80. The highest BCUT2D eigenvalue weighted by atomic mass is 35.5. The summed E-state index contributed by atoms with van der Waals surface area (Å²) in [6, 6.07) is 8.95. The van der Waals surface area contributed by atoms with Crippen molar-refractivity contribution in [1.29, 1.82) is 0 Å². The van der Waals surface area contributed by atoms with Crippen LogP contribution in [0.1, 0.15) is 51.7 Å². The van der Waals surface area contributed by atoms with E-state index in [1.54, 1.807) is 0 Å². The van der Waals surface area contributed by atoms with E-state index < -0.39 is 0 Å². The Labute approximate surface area is 123 Å². The maximum Gasteiger partial charge on any atom is 0.0226 e. The molecule has 19 heavy (non-hydrogen) atoms. The summed E-state index contributed by atoms with van der Waals surface area (Å²) in [4.78, 5) is 0. The third-order valence-electron chi connectivity index (χ3n) is 3.68. The zero-order valence-corrected chi connectivity index (χ0v) is 13.6. The molecular weight excluding hydrogens is 254 g/mol. The van der Waals surface area contributed by atoms with Gasteiger partial charge >= 0.3 is 0 Å². The molecule has 1 atom stereocenters. The van der Waals surface area contributed by atoms with Crippen molar-refractivity contribution in [3.8, 4) is 0 Å². The molecule has 0 saturated carbocycles. The van der Waals surface area contributed by atoms with Gasteiger partial charge in [0.05, 0.1) is 0 Å². The number of benzene rings is 1. The highest BCUT2D eigenvalue weighted by molar-refractivity contribution is 6.17. The number of alkyl halides is 1. The van der Waals surface area contributed by atoms with E-state index in [1.165, 1.54) is 17.5 Å². The first-order valence-electron chi connectivity index (χ1n) is 7.33. The van der Waals surface area contributed by atoms with Crippen LogP contribution in [0.15, 0.2) is 24.3 Å². The van der Waals surface area contributed by atoms with Gasteiger partial charge in [-0.2, -0.15) is 0 Å². The molecule has 1 nitrogen and oxygen atoms in total. The predicted molar refractivity (Wildman–Crippen MR) is 86.0 cm³/mol. The first-order valence-corrected chi connectivity index (χ1v) is 7.87. The van der Waals surface area contributed by atoms with Crippen LogP contribution in [0, 0.1) is 5.92 Å². The molecule has 0 aliphatic rings. The maximum absolute atomic E-state index is 5.80. The average Bonchev–Trinajstić information content (AvgIpc) is 2.37. The molecular formula is C17H28ClN. The summed E-state index contributed by atoms with van der Waals surface area (Å²) in [5.74, 6) is 1.46. The molecule has 1 aromatic rings. The molecule has 0 fully saturated rings. The van der Waals surface area contributed by atoms with E-state index in [0.29, 0.717) is 5.92 Å². The zero-order valence-electron chi connectivity index (χ0n) is 12.8. The lowest BCUT2D eigenvalue weighted by molar-refractivity contribution is 0.451. The van der Waals surface area contributed by atoms with E-state index in [1.807, 2.05) is 0 Å². The van der Waals surface area contributed by atoms with E-state index in [4.69, 9.17) is 11.6 Å². The standard InChI is InChI=1S/C17H28ClN/c1-5-14(10-11-18)12-19-13-15-6-8-16(9-7-15)17(2,3)4/h6-9,14,19H,5,10-13H2,1-4H3. The van der Waals surface area contributed by atoms with E-state index >= 15 is 0 Å². The smallest absolute Gasteiger partial charge is 0.0226 e. The molecule has 1 rings (SSSR count). The van der Waals surface area contributed by atoms with E-state index in [0.717, 1.165) is 25.4 Å². The molecule has 1 N–H and O–H groups in total. The topological polar surface area (TPSA) is 12.0 Å². The summed E-state index contributed by atoms with van der Waals surface area (Å²) in [7, 11) is 0. The minimum Gasteiger partial charge on any atom is -0.312 e. The van der Waals surface area contributed by atoms with Crippen molar-refractivity contribution < 1.29 is 0 Å². The number of nitrogens with one attached hydrogen (secondary N) is 1. The monoisotopic (exact) mass is 281 g/mol.